The van der Waals surface area contributed by atoms with Crippen molar-refractivity contribution in [2.24, 2.45) is 0 Å². The highest BCUT2D eigenvalue weighted by Crippen LogP contribution is 2.32. The number of nitrogens with one attached hydrogen (secondary N) is 1. The third-order valence-electron chi connectivity index (χ3n) is 3.11. The van der Waals surface area contributed by atoms with Crippen molar-refractivity contribution in [3.63, 3.8) is 0 Å². The van der Waals surface area contributed by atoms with Gasteiger partial charge in [0.1, 0.15) is 11.5 Å². The fourth-order valence-corrected chi connectivity index (χ4v) is 2.28. The van der Waals surface area contributed by atoms with E-state index in [-0.39, 0.29) is 22.5 Å². The summed E-state index contributed by atoms with van der Waals surface area (Å²) in [4.78, 5) is 12.1. The van der Waals surface area contributed by atoms with Crippen LogP contribution in [0.2, 0.25) is 5.02 Å². The van der Waals surface area contributed by atoms with Gasteiger partial charge in [0.2, 0.25) is 0 Å². The number of hydrogen-bond acceptors (Lipinski definition) is 5. The van der Waals surface area contributed by atoms with E-state index in [1.165, 1.54) is 0 Å². The average Bonchev–Trinajstić information content (AvgIpc) is 2.42. The summed E-state index contributed by atoms with van der Waals surface area (Å²) < 4.78 is 19.1. The average molecular weight is 304 g/mol. The number of benzene rings is 1. The van der Waals surface area contributed by atoms with Gasteiger partial charge >= 0.3 is 0 Å². The Kier molecular flexibility index (Phi) is 4.74. The summed E-state index contributed by atoms with van der Waals surface area (Å²) in [7, 11) is 1.66. The third-order valence-corrected chi connectivity index (χ3v) is 3.40. The van der Waals surface area contributed by atoms with Crippen molar-refractivity contribution in [1.29, 1.82) is 0 Å². The van der Waals surface area contributed by atoms with E-state index < -0.39 is 10.7 Å². The Morgan fingerprint density at radius 1 is 1.65 bits per heavy atom. The fraction of sp³-hybridized carbons (Fsp3) is 0.500. The van der Waals surface area contributed by atoms with Crippen LogP contribution in [-0.4, -0.2) is 44.3 Å². The molecule has 1 aliphatic rings. The van der Waals surface area contributed by atoms with Crippen LogP contribution < -0.4 is 10.2 Å². The summed E-state index contributed by atoms with van der Waals surface area (Å²) in [5, 5.41) is 13.9. The number of rotatable bonds is 4. The first kappa shape index (κ1) is 15.0. The number of nitro benzene ring substituents is 1. The van der Waals surface area contributed by atoms with Crippen LogP contribution in [0.4, 0.5) is 15.8 Å². The van der Waals surface area contributed by atoms with Crippen molar-refractivity contribution in [2.45, 2.75) is 6.10 Å². The van der Waals surface area contributed by atoms with E-state index in [9.17, 15) is 14.5 Å². The molecule has 1 aliphatic heterocycles. The van der Waals surface area contributed by atoms with Gasteiger partial charge in [0, 0.05) is 38.8 Å². The lowest BCUT2D eigenvalue weighted by atomic mass is 10.2. The second-order valence-electron chi connectivity index (χ2n) is 4.59. The molecule has 0 bridgehead atoms. The normalized spacial score (nSPS) is 18.9. The molecule has 6 nitrogen and oxygen atoms in total. The molecule has 1 aromatic rings. The van der Waals surface area contributed by atoms with Gasteiger partial charge in [0.25, 0.3) is 5.69 Å². The van der Waals surface area contributed by atoms with E-state index in [4.69, 9.17) is 16.3 Å². The van der Waals surface area contributed by atoms with Crippen LogP contribution in [0, 0.1) is 15.9 Å². The molecule has 0 saturated carbocycles. The maximum absolute atomic E-state index is 13.5. The molecule has 0 radical (unpaired) electrons. The number of likely N-dealkylation sites (N-methyl/N-ethyl adjacent to an activating group) is 1. The molecular weight excluding hydrogens is 289 g/mol. The topological polar surface area (TPSA) is 67.6 Å². The lowest BCUT2D eigenvalue weighted by Gasteiger charge is -2.29. The predicted molar refractivity (Wildman–Crippen MR) is 73.9 cm³/mol. The zero-order valence-electron chi connectivity index (χ0n) is 10.9. The molecule has 110 valence electrons. The molecule has 1 saturated heterocycles. The van der Waals surface area contributed by atoms with Crippen LogP contribution in [0.3, 0.4) is 0 Å². The molecule has 8 heteroatoms. The minimum Gasteiger partial charge on any atom is -0.374 e. The third kappa shape index (κ3) is 3.36. The van der Waals surface area contributed by atoms with E-state index >= 15 is 0 Å². The lowest BCUT2D eigenvalue weighted by Crippen LogP contribution is -2.44. The highest BCUT2D eigenvalue weighted by molar-refractivity contribution is 6.31. The summed E-state index contributed by atoms with van der Waals surface area (Å²) >= 11 is 5.59. The van der Waals surface area contributed by atoms with Crippen molar-refractivity contribution >= 4 is 23.0 Å². The number of ether oxygens (including phenoxy) is 1. The van der Waals surface area contributed by atoms with Gasteiger partial charge in [0.05, 0.1) is 22.7 Å². The molecule has 0 aromatic heterocycles. The standard InChI is InChI=1S/C12H15ClFN3O3/c1-16(7-8-6-15-2-3-20-8)11-5-10(14)9(13)4-12(11)17(18)19/h4-5,8,15H,2-3,6-7H2,1H3. The SMILES string of the molecule is CN(CC1CNCCO1)c1cc(F)c(Cl)cc1[N+](=O)[O-]. The Labute approximate surface area is 120 Å². The van der Waals surface area contributed by atoms with Gasteiger partial charge in [-0.1, -0.05) is 11.6 Å². The van der Waals surface area contributed by atoms with Crippen LogP contribution in [-0.2, 0) is 4.74 Å². The largest absolute Gasteiger partial charge is 0.374 e. The number of morpholine rings is 1. The van der Waals surface area contributed by atoms with E-state index in [1.54, 1.807) is 11.9 Å². The van der Waals surface area contributed by atoms with E-state index in [0.717, 1.165) is 18.7 Å². The highest BCUT2D eigenvalue weighted by Gasteiger charge is 2.23. The fourth-order valence-electron chi connectivity index (χ4n) is 2.12. The molecule has 0 aliphatic carbocycles. The molecule has 2 rings (SSSR count). The van der Waals surface area contributed by atoms with E-state index in [0.29, 0.717) is 19.7 Å². The lowest BCUT2D eigenvalue weighted by molar-refractivity contribution is -0.384. The summed E-state index contributed by atoms with van der Waals surface area (Å²) in [6.07, 6.45) is -0.0907. The van der Waals surface area contributed by atoms with Crippen molar-refractivity contribution in [3.05, 3.63) is 33.1 Å². The molecule has 0 spiro atoms. The predicted octanol–water partition coefficient (Wildman–Crippen LogP) is 1.81. The van der Waals surface area contributed by atoms with Crippen molar-refractivity contribution < 1.29 is 14.1 Å². The summed E-state index contributed by atoms with van der Waals surface area (Å²) in [5.41, 5.74) is -0.0336. The summed E-state index contributed by atoms with van der Waals surface area (Å²) in [6.45, 7) is 2.47. The van der Waals surface area contributed by atoms with Gasteiger partial charge in [-0.05, 0) is 0 Å². The number of anilines is 1. The second kappa shape index (κ2) is 6.34. The van der Waals surface area contributed by atoms with Crippen LogP contribution in [0.15, 0.2) is 12.1 Å². The maximum atomic E-state index is 13.5. The zero-order chi connectivity index (χ0) is 14.7. The smallest absolute Gasteiger partial charge is 0.294 e. The van der Waals surface area contributed by atoms with E-state index in [2.05, 4.69) is 5.32 Å². The van der Waals surface area contributed by atoms with Gasteiger partial charge in [-0.3, -0.25) is 10.1 Å². The molecule has 1 fully saturated rings. The number of nitro groups is 1. The van der Waals surface area contributed by atoms with E-state index in [1.807, 2.05) is 0 Å². The van der Waals surface area contributed by atoms with Crippen molar-refractivity contribution in [2.75, 3.05) is 38.2 Å². The van der Waals surface area contributed by atoms with Crippen LogP contribution >= 0.6 is 11.6 Å². The Balaban J connectivity index is 2.21. The Hall–Kier alpha value is -1.44. The van der Waals surface area contributed by atoms with Gasteiger partial charge in [-0.2, -0.15) is 0 Å². The van der Waals surface area contributed by atoms with Gasteiger partial charge in [-0.25, -0.2) is 4.39 Å². The molecule has 1 unspecified atom stereocenters. The first-order chi connectivity index (χ1) is 9.49. The van der Waals surface area contributed by atoms with Gasteiger partial charge in [0.15, 0.2) is 0 Å². The zero-order valence-corrected chi connectivity index (χ0v) is 11.7. The Bertz CT molecular complexity index is 509. The molecular formula is C12H15ClFN3O3. The monoisotopic (exact) mass is 303 g/mol. The number of halogens is 2. The second-order valence-corrected chi connectivity index (χ2v) is 5.00. The Morgan fingerprint density at radius 3 is 3.00 bits per heavy atom. The first-order valence-corrected chi connectivity index (χ1v) is 6.53. The van der Waals surface area contributed by atoms with Crippen LogP contribution in [0.1, 0.15) is 0 Å². The number of nitrogens with zero attached hydrogens (tertiary/aromatic N) is 2. The number of hydrogen-bond donors (Lipinski definition) is 1. The highest BCUT2D eigenvalue weighted by atomic mass is 35.5. The van der Waals surface area contributed by atoms with Crippen molar-refractivity contribution in [3.8, 4) is 0 Å². The quantitative estimate of drug-likeness (QED) is 0.679. The Morgan fingerprint density at radius 2 is 2.40 bits per heavy atom. The van der Waals surface area contributed by atoms with Crippen molar-refractivity contribution in [1.82, 2.24) is 5.32 Å². The maximum Gasteiger partial charge on any atom is 0.294 e. The molecule has 0 amide bonds. The first-order valence-electron chi connectivity index (χ1n) is 6.16. The summed E-state index contributed by atoms with van der Waals surface area (Å²) in [6, 6.07) is 2.11. The molecule has 1 atom stereocenters. The van der Waals surface area contributed by atoms with Gasteiger partial charge in [-0.15, -0.1) is 0 Å². The molecule has 1 aromatic carbocycles. The minimum absolute atomic E-state index is 0.0907. The van der Waals surface area contributed by atoms with Gasteiger partial charge < -0.3 is 15.0 Å². The van der Waals surface area contributed by atoms with Crippen LogP contribution in [0.25, 0.3) is 0 Å². The molecule has 1 heterocycles. The van der Waals surface area contributed by atoms with Crippen LogP contribution in [0.5, 0.6) is 0 Å². The molecule has 20 heavy (non-hydrogen) atoms. The molecule has 1 N–H and O–H groups in total. The summed E-state index contributed by atoms with van der Waals surface area (Å²) in [5.74, 6) is -0.679. The minimum atomic E-state index is -0.679.